The molecule has 2 heterocycles. The van der Waals surface area contributed by atoms with Crippen LogP contribution in [0, 0.1) is 11.8 Å². The van der Waals surface area contributed by atoms with Crippen LogP contribution in [0.1, 0.15) is 12.5 Å². The van der Waals surface area contributed by atoms with Crippen molar-refractivity contribution in [2.75, 3.05) is 6.61 Å². The van der Waals surface area contributed by atoms with Crippen LogP contribution in [-0.2, 0) is 9.53 Å². The lowest BCUT2D eigenvalue weighted by Gasteiger charge is -1.91. The van der Waals surface area contributed by atoms with Crippen molar-refractivity contribution in [1.82, 2.24) is 15.0 Å². The lowest BCUT2D eigenvalue weighted by atomic mass is 10.3. The highest BCUT2D eigenvalue weighted by molar-refractivity contribution is 6.33. The second-order valence-corrected chi connectivity index (χ2v) is 3.42. The van der Waals surface area contributed by atoms with Gasteiger partial charge < -0.3 is 9.72 Å². The third kappa shape index (κ3) is 2.37. The number of esters is 1. The minimum Gasteiger partial charge on any atom is -0.456 e. The Kier molecular flexibility index (Phi) is 3.26. The first-order valence-electron chi connectivity index (χ1n) is 4.88. The van der Waals surface area contributed by atoms with E-state index in [-0.39, 0.29) is 0 Å². The SMILES string of the molecule is CCOC(=O)C#Cc1c[nH]c2c(Cl)ncnc12. The molecule has 0 saturated carbocycles. The third-order valence-corrected chi connectivity index (χ3v) is 2.28. The number of nitrogens with zero attached hydrogens (tertiary/aromatic N) is 2. The first-order chi connectivity index (χ1) is 8.22. The van der Waals surface area contributed by atoms with Crippen LogP contribution in [0.5, 0.6) is 0 Å². The van der Waals surface area contributed by atoms with E-state index in [0.717, 1.165) is 0 Å². The number of nitrogens with one attached hydrogen (secondary N) is 1. The van der Waals surface area contributed by atoms with Crippen LogP contribution in [0.3, 0.4) is 0 Å². The van der Waals surface area contributed by atoms with Crippen LogP contribution in [0.25, 0.3) is 11.0 Å². The molecule has 0 atom stereocenters. The summed E-state index contributed by atoms with van der Waals surface area (Å²) < 4.78 is 4.69. The van der Waals surface area contributed by atoms with Gasteiger partial charge in [-0.05, 0) is 6.92 Å². The molecule has 2 rings (SSSR count). The number of carbonyl (C=O) groups excluding carboxylic acids is 1. The van der Waals surface area contributed by atoms with E-state index < -0.39 is 5.97 Å². The zero-order chi connectivity index (χ0) is 12.3. The Morgan fingerprint density at radius 3 is 3.18 bits per heavy atom. The fraction of sp³-hybridized carbons (Fsp3) is 0.182. The molecule has 0 fully saturated rings. The number of aromatic amines is 1. The Morgan fingerprint density at radius 1 is 1.59 bits per heavy atom. The first kappa shape index (κ1) is 11.4. The Morgan fingerprint density at radius 2 is 2.41 bits per heavy atom. The summed E-state index contributed by atoms with van der Waals surface area (Å²) in [6.07, 6.45) is 2.96. The summed E-state index contributed by atoms with van der Waals surface area (Å²) in [6, 6.07) is 0. The molecule has 0 aliphatic heterocycles. The molecule has 17 heavy (non-hydrogen) atoms. The third-order valence-electron chi connectivity index (χ3n) is 1.99. The van der Waals surface area contributed by atoms with E-state index in [9.17, 15) is 4.79 Å². The van der Waals surface area contributed by atoms with Gasteiger partial charge in [-0.3, -0.25) is 0 Å². The molecule has 0 radical (unpaired) electrons. The zero-order valence-electron chi connectivity index (χ0n) is 8.95. The Labute approximate surface area is 102 Å². The molecule has 0 saturated heterocycles. The van der Waals surface area contributed by atoms with Crippen LogP contribution < -0.4 is 0 Å². The van der Waals surface area contributed by atoms with Crippen LogP contribution in [0.2, 0.25) is 5.15 Å². The molecule has 5 nitrogen and oxygen atoms in total. The molecule has 0 spiro atoms. The van der Waals surface area contributed by atoms with E-state index in [1.54, 1.807) is 13.1 Å². The molecule has 0 aliphatic rings. The number of rotatable bonds is 1. The summed E-state index contributed by atoms with van der Waals surface area (Å²) in [5, 5.41) is 0.319. The number of hydrogen-bond donors (Lipinski definition) is 1. The molecule has 2 aromatic rings. The van der Waals surface area contributed by atoms with Gasteiger partial charge in [-0.15, -0.1) is 0 Å². The minimum atomic E-state index is -0.568. The smallest absolute Gasteiger partial charge is 0.384 e. The first-order valence-corrected chi connectivity index (χ1v) is 5.26. The predicted octanol–water partition coefficient (Wildman–Crippen LogP) is 1.53. The van der Waals surface area contributed by atoms with Crippen molar-refractivity contribution in [3.8, 4) is 11.8 Å². The van der Waals surface area contributed by atoms with Gasteiger partial charge in [0.1, 0.15) is 17.4 Å². The fourth-order valence-electron chi connectivity index (χ4n) is 1.29. The molecule has 0 aliphatic carbocycles. The van der Waals surface area contributed by atoms with Crippen molar-refractivity contribution in [1.29, 1.82) is 0 Å². The lowest BCUT2D eigenvalue weighted by Crippen LogP contribution is -1.99. The van der Waals surface area contributed by atoms with Crippen molar-refractivity contribution in [2.24, 2.45) is 0 Å². The van der Waals surface area contributed by atoms with E-state index in [4.69, 9.17) is 16.3 Å². The molecule has 0 unspecified atom stereocenters. The highest BCUT2D eigenvalue weighted by atomic mass is 35.5. The average molecular weight is 250 g/mol. The summed E-state index contributed by atoms with van der Waals surface area (Å²) >= 11 is 5.86. The average Bonchev–Trinajstić information content (AvgIpc) is 2.72. The fourth-order valence-corrected chi connectivity index (χ4v) is 1.48. The van der Waals surface area contributed by atoms with E-state index in [1.807, 2.05) is 0 Å². The number of hydrogen-bond acceptors (Lipinski definition) is 4. The summed E-state index contributed by atoms with van der Waals surface area (Å²) in [6.45, 7) is 2.02. The predicted molar refractivity (Wildman–Crippen MR) is 62.4 cm³/mol. The van der Waals surface area contributed by atoms with E-state index in [0.29, 0.717) is 28.4 Å². The maximum atomic E-state index is 11.1. The summed E-state index contributed by atoms with van der Waals surface area (Å²) in [5.41, 5.74) is 1.77. The van der Waals surface area contributed by atoms with Gasteiger partial charge in [0.15, 0.2) is 5.15 Å². The molecule has 0 bridgehead atoms. The van der Waals surface area contributed by atoms with Crippen molar-refractivity contribution in [3.63, 3.8) is 0 Å². The monoisotopic (exact) mass is 249 g/mol. The number of H-pyrrole nitrogens is 1. The molecular weight excluding hydrogens is 242 g/mol. The standard InChI is InChI=1S/C11H8ClN3O2/c1-2-17-8(16)4-3-7-5-13-10-9(7)14-6-15-11(10)12/h5-6,13H,2H2,1H3. The van der Waals surface area contributed by atoms with Gasteiger partial charge in [-0.1, -0.05) is 17.5 Å². The van der Waals surface area contributed by atoms with Crippen LogP contribution in [0.15, 0.2) is 12.5 Å². The molecule has 6 heteroatoms. The summed E-state index contributed by atoms with van der Waals surface area (Å²) in [4.78, 5) is 21.9. The van der Waals surface area contributed by atoms with Crippen molar-refractivity contribution in [3.05, 3.63) is 23.2 Å². The molecule has 1 N–H and O–H groups in total. The van der Waals surface area contributed by atoms with Gasteiger partial charge in [0.25, 0.3) is 0 Å². The molecule has 0 aromatic carbocycles. The van der Waals surface area contributed by atoms with Crippen molar-refractivity contribution in [2.45, 2.75) is 6.92 Å². The van der Waals surface area contributed by atoms with Crippen molar-refractivity contribution < 1.29 is 9.53 Å². The Bertz CT molecular complexity index is 624. The molecular formula is C11H8ClN3O2. The number of carbonyl (C=O) groups is 1. The second-order valence-electron chi connectivity index (χ2n) is 3.06. The number of fused-ring (bicyclic) bond motifs is 1. The molecule has 2 aromatic heterocycles. The van der Waals surface area contributed by atoms with E-state index in [2.05, 4.69) is 26.8 Å². The zero-order valence-corrected chi connectivity index (χ0v) is 9.71. The quantitative estimate of drug-likeness (QED) is 0.473. The Balaban J connectivity index is 2.37. The molecule has 0 amide bonds. The summed E-state index contributed by atoms with van der Waals surface area (Å²) in [5.74, 6) is 4.47. The van der Waals surface area contributed by atoms with E-state index in [1.165, 1.54) is 6.33 Å². The highest BCUT2D eigenvalue weighted by Crippen LogP contribution is 2.20. The highest BCUT2D eigenvalue weighted by Gasteiger charge is 2.06. The molecule has 86 valence electrons. The van der Waals surface area contributed by atoms with Gasteiger partial charge in [0, 0.05) is 12.1 Å². The van der Waals surface area contributed by atoms with Gasteiger partial charge in [-0.25, -0.2) is 14.8 Å². The van der Waals surface area contributed by atoms with Gasteiger partial charge in [-0.2, -0.15) is 0 Å². The van der Waals surface area contributed by atoms with Crippen molar-refractivity contribution >= 4 is 28.6 Å². The number of aromatic nitrogens is 3. The lowest BCUT2D eigenvalue weighted by molar-refractivity contribution is -0.136. The largest absolute Gasteiger partial charge is 0.456 e. The minimum absolute atomic E-state index is 0.301. The topological polar surface area (TPSA) is 67.9 Å². The Hall–Kier alpha value is -2.06. The number of ether oxygens (including phenoxy) is 1. The maximum Gasteiger partial charge on any atom is 0.384 e. The number of halogens is 1. The van der Waals surface area contributed by atoms with E-state index >= 15 is 0 Å². The second kappa shape index (κ2) is 4.85. The summed E-state index contributed by atoms with van der Waals surface area (Å²) in [7, 11) is 0. The maximum absolute atomic E-state index is 11.1. The van der Waals surface area contributed by atoms with Gasteiger partial charge >= 0.3 is 5.97 Å². The van der Waals surface area contributed by atoms with Crippen LogP contribution in [0.4, 0.5) is 0 Å². The van der Waals surface area contributed by atoms with Crippen LogP contribution in [-0.4, -0.2) is 27.5 Å². The van der Waals surface area contributed by atoms with Crippen LogP contribution >= 0.6 is 11.6 Å². The normalized spacial score (nSPS) is 9.76. The van der Waals surface area contributed by atoms with Gasteiger partial charge in [0.05, 0.1) is 12.2 Å². The van der Waals surface area contributed by atoms with Gasteiger partial charge in [0.2, 0.25) is 0 Å².